The van der Waals surface area contributed by atoms with E-state index >= 15 is 0 Å². The lowest BCUT2D eigenvalue weighted by Crippen LogP contribution is -2.28. The average Bonchev–Trinajstić information content (AvgIpc) is 2.50. The molecule has 0 amide bonds. The van der Waals surface area contributed by atoms with Crippen LogP contribution in [0.3, 0.4) is 0 Å². The number of hydrogen-bond donors (Lipinski definition) is 1. The predicted octanol–water partition coefficient (Wildman–Crippen LogP) is 3.72. The molecule has 1 aliphatic heterocycles. The van der Waals surface area contributed by atoms with Crippen molar-refractivity contribution in [2.45, 2.75) is 19.4 Å². The van der Waals surface area contributed by atoms with Crippen molar-refractivity contribution in [2.24, 2.45) is 7.05 Å². The average molecular weight is 325 g/mol. The zero-order chi connectivity index (χ0) is 17.2. The van der Waals surface area contributed by atoms with Crippen LogP contribution >= 0.6 is 0 Å². The molecule has 0 atom stereocenters. The quantitative estimate of drug-likeness (QED) is 0.641. The van der Waals surface area contributed by atoms with Gasteiger partial charge in [-0.25, -0.2) is 4.39 Å². The van der Waals surface area contributed by atoms with E-state index in [0.717, 1.165) is 0 Å². The number of fused-ring (bicyclic) bond motifs is 4. The van der Waals surface area contributed by atoms with Gasteiger partial charge >= 0.3 is 0 Å². The third-order valence-corrected chi connectivity index (χ3v) is 4.43. The fourth-order valence-electron chi connectivity index (χ4n) is 3.30. The maximum absolute atomic E-state index is 13.7. The van der Waals surface area contributed by atoms with Crippen molar-refractivity contribution < 1.29 is 14.2 Å². The number of pyridine rings is 1. The molecule has 1 aromatic heterocycles. The molecule has 0 unspecified atom stereocenters. The summed E-state index contributed by atoms with van der Waals surface area (Å²) in [6.07, 6.45) is 3.78. The highest BCUT2D eigenvalue weighted by atomic mass is 19.1. The second kappa shape index (κ2) is 4.60. The normalized spacial score (nSPS) is 15.5. The zero-order valence-corrected chi connectivity index (χ0v) is 13.6. The Kier molecular flexibility index (Phi) is 2.83. The molecule has 5 heteroatoms. The Morgan fingerprint density at radius 3 is 2.75 bits per heavy atom. The summed E-state index contributed by atoms with van der Waals surface area (Å²) in [5, 5.41) is 11.0. The number of rotatable bonds is 0. The molecule has 24 heavy (non-hydrogen) atoms. The van der Waals surface area contributed by atoms with E-state index in [1.807, 2.05) is 26.0 Å². The lowest BCUT2D eigenvalue weighted by Gasteiger charge is -2.29. The summed E-state index contributed by atoms with van der Waals surface area (Å²) in [4.78, 5) is 12.8. The van der Waals surface area contributed by atoms with Crippen LogP contribution in [0.2, 0.25) is 0 Å². The summed E-state index contributed by atoms with van der Waals surface area (Å²) in [6, 6.07) is 5.49. The summed E-state index contributed by atoms with van der Waals surface area (Å²) in [5.41, 5.74) is 0.873. The van der Waals surface area contributed by atoms with Gasteiger partial charge in [0.1, 0.15) is 22.9 Å². The predicted molar refractivity (Wildman–Crippen MR) is 92.1 cm³/mol. The first-order chi connectivity index (χ1) is 11.3. The minimum Gasteiger partial charge on any atom is -0.507 e. The first-order valence-corrected chi connectivity index (χ1v) is 7.65. The Balaban J connectivity index is 2.25. The summed E-state index contributed by atoms with van der Waals surface area (Å²) >= 11 is 0. The second-order valence-corrected chi connectivity index (χ2v) is 6.62. The number of phenols is 1. The van der Waals surface area contributed by atoms with Gasteiger partial charge in [-0.1, -0.05) is 0 Å². The second-order valence-electron chi connectivity index (χ2n) is 6.62. The van der Waals surface area contributed by atoms with Gasteiger partial charge in [-0.05, 0) is 44.2 Å². The number of aromatic nitrogens is 1. The van der Waals surface area contributed by atoms with Crippen LogP contribution in [-0.2, 0) is 7.05 Å². The monoisotopic (exact) mass is 325 g/mol. The standard InChI is InChI=1S/C19H16FNO3/c1-19(2)7-6-12-15(24-19)9-14(22)16-17(12)21(3)13-8-10(20)4-5-11(13)18(16)23/h4-9,22H,1-3H3. The molecule has 0 aliphatic carbocycles. The lowest BCUT2D eigenvalue weighted by molar-refractivity contribution is 0.159. The largest absolute Gasteiger partial charge is 0.507 e. The smallest absolute Gasteiger partial charge is 0.200 e. The van der Waals surface area contributed by atoms with Crippen molar-refractivity contribution in [3.63, 3.8) is 0 Å². The maximum atomic E-state index is 13.7. The number of halogens is 1. The molecule has 1 aliphatic rings. The van der Waals surface area contributed by atoms with E-state index < -0.39 is 11.4 Å². The third kappa shape index (κ3) is 1.94. The van der Waals surface area contributed by atoms with Gasteiger partial charge in [0.05, 0.1) is 16.4 Å². The number of phenolic OH excluding ortho intramolecular Hbond substituents is 1. The molecular weight excluding hydrogens is 309 g/mol. The Bertz CT molecular complexity index is 1110. The van der Waals surface area contributed by atoms with Crippen molar-refractivity contribution >= 4 is 27.9 Å². The van der Waals surface area contributed by atoms with Crippen LogP contribution in [0.1, 0.15) is 19.4 Å². The van der Waals surface area contributed by atoms with Crippen LogP contribution in [0.15, 0.2) is 35.1 Å². The summed E-state index contributed by atoms with van der Waals surface area (Å²) < 4.78 is 21.3. The van der Waals surface area contributed by atoms with Crippen LogP contribution in [0.4, 0.5) is 4.39 Å². The van der Waals surface area contributed by atoms with E-state index in [2.05, 4.69) is 0 Å². The van der Waals surface area contributed by atoms with E-state index in [0.29, 0.717) is 27.7 Å². The molecule has 4 nitrogen and oxygen atoms in total. The maximum Gasteiger partial charge on any atom is 0.200 e. The number of aryl methyl sites for hydroxylation is 1. The van der Waals surface area contributed by atoms with Crippen LogP contribution in [-0.4, -0.2) is 15.3 Å². The summed E-state index contributed by atoms with van der Waals surface area (Å²) in [6.45, 7) is 3.81. The van der Waals surface area contributed by atoms with Crippen LogP contribution < -0.4 is 10.2 Å². The van der Waals surface area contributed by atoms with Gasteiger partial charge in [-0.2, -0.15) is 0 Å². The lowest BCUT2D eigenvalue weighted by atomic mass is 9.98. The molecule has 0 spiro atoms. The van der Waals surface area contributed by atoms with Gasteiger partial charge in [-0.3, -0.25) is 4.79 Å². The molecule has 0 bridgehead atoms. The molecule has 2 heterocycles. The topological polar surface area (TPSA) is 51.5 Å². The molecule has 4 rings (SSSR count). The van der Waals surface area contributed by atoms with E-state index in [9.17, 15) is 14.3 Å². The van der Waals surface area contributed by atoms with Crippen LogP contribution in [0.5, 0.6) is 11.5 Å². The Morgan fingerprint density at radius 1 is 1.25 bits per heavy atom. The number of hydrogen-bond acceptors (Lipinski definition) is 3. The Labute approximate surface area is 137 Å². The number of ether oxygens (including phenoxy) is 1. The van der Waals surface area contributed by atoms with Crippen LogP contribution in [0.25, 0.3) is 27.9 Å². The van der Waals surface area contributed by atoms with Crippen molar-refractivity contribution in [1.29, 1.82) is 0 Å². The highest BCUT2D eigenvalue weighted by molar-refractivity contribution is 6.01. The van der Waals surface area contributed by atoms with Gasteiger partial charge in [0.2, 0.25) is 5.43 Å². The van der Waals surface area contributed by atoms with Crippen molar-refractivity contribution in [2.75, 3.05) is 0 Å². The fraction of sp³-hybridized carbons (Fsp3) is 0.211. The van der Waals surface area contributed by atoms with E-state index in [4.69, 9.17) is 4.74 Å². The van der Waals surface area contributed by atoms with E-state index in [-0.39, 0.29) is 16.6 Å². The summed E-state index contributed by atoms with van der Waals surface area (Å²) in [5.74, 6) is -0.0567. The zero-order valence-electron chi connectivity index (χ0n) is 13.6. The molecule has 0 radical (unpaired) electrons. The Morgan fingerprint density at radius 2 is 2.00 bits per heavy atom. The minimum absolute atomic E-state index is 0.137. The highest BCUT2D eigenvalue weighted by Gasteiger charge is 2.26. The third-order valence-electron chi connectivity index (χ3n) is 4.43. The number of nitrogens with zero attached hydrogens (tertiary/aromatic N) is 1. The molecule has 0 saturated carbocycles. The van der Waals surface area contributed by atoms with E-state index in [1.54, 1.807) is 11.6 Å². The van der Waals surface area contributed by atoms with Gasteiger partial charge in [0.15, 0.2) is 0 Å². The molecule has 0 saturated heterocycles. The first kappa shape index (κ1) is 14.8. The first-order valence-electron chi connectivity index (χ1n) is 7.65. The molecule has 0 fully saturated rings. The van der Waals surface area contributed by atoms with Crippen molar-refractivity contribution in [3.05, 3.63) is 51.9 Å². The Hall–Kier alpha value is -2.82. The molecule has 1 N–H and O–H groups in total. The van der Waals surface area contributed by atoms with Crippen molar-refractivity contribution in [3.8, 4) is 11.5 Å². The van der Waals surface area contributed by atoms with Gasteiger partial charge < -0.3 is 14.4 Å². The molecular formula is C19H16FNO3. The summed E-state index contributed by atoms with van der Waals surface area (Å²) in [7, 11) is 1.75. The number of benzene rings is 2. The SMILES string of the molecule is Cn1c2cc(F)ccc2c(=O)c2c(O)cc3c(c21)C=CC(C)(C)O3. The van der Waals surface area contributed by atoms with Crippen molar-refractivity contribution in [1.82, 2.24) is 4.57 Å². The van der Waals surface area contributed by atoms with E-state index in [1.165, 1.54) is 24.3 Å². The molecule has 2 aromatic carbocycles. The van der Waals surface area contributed by atoms with Gasteiger partial charge in [0.25, 0.3) is 0 Å². The number of aromatic hydroxyl groups is 1. The van der Waals surface area contributed by atoms with Crippen LogP contribution in [0, 0.1) is 5.82 Å². The molecule has 3 aromatic rings. The van der Waals surface area contributed by atoms with Gasteiger partial charge in [-0.15, -0.1) is 0 Å². The highest BCUT2D eigenvalue weighted by Crippen LogP contribution is 2.40. The fourth-order valence-corrected chi connectivity index (χ4v) is 3.30. The molecule has 122 valence electrons. The minimum atomic E-state index is -0.505. The van der Waals surface area contributed by atoms with Gasteiger partial charge in [0, 0.05) is 24.1 Å².